The highest BCUT2D eigenvalue weighted by Gasteiger charge is 2.21. The molecule has 1 fully saturated rings. The van der Waals surface area contributed by atoms with E-state index in [-0.39, 0.29) is 5.91 Å². The zero-order valence-corrected chi connectivity index (χ0v) is 11.8. The number of carbonyl (C=O) groups excluding carboxylic acids is 1. The molecule has 5 heteroatoms. The Morgan fingerprint density at radius 1 is 1.25 bits per heavy atom. The van der Waals surface area contributed by atoms with Crippen LogP contribution in [0.25, 0.3) is 0 Å². The van der Waals surface area contributed by atoms with Crippen LogP contribution in [0.15, 0.2) is 29.3 Å². The quantitative estimate of drug-likeness (QED) is 0.899. The Kier molecular flexibility index (Phi) is 3.58. The minimum Gasteiger partial charge on any atom is -0.352 e. The molecule has 0 bridgehead atoms. The first-order chi connectivity index (χ1) is 9.74. The fourth-order valence-electron chi connectivity index (χ4n) is 2.62. The minimum absolute atomic E-state index is 0.234. The Balaban J connectivity index is 1.60. The summed E-state index contributed by atoms with van der Waals surface area (Å²) in [5, 5.41) is 3.34. The van der Waals surface area contributed by atoms with Crippen molar-refractivity contribution in [3.05, 3.63) is 29.8 Å². The number of rotatable bonds is 3. The number of nitrogens with zero attached hydrogens (tertiary/aromatic N) is 3. The van der Waals surface area contributed by atoms with E-state index >= 15 is 0 Å². The van der Waals surface area contributed by atoms with Gasteiger partial charge in [0.1, 0.15) is 0 Å². The van der Waals surface area contributed by atoms with Crippen LogP contribution in [-0.2, 0) is 11.3 Å². The normalized spacial score (nSPS) is 18.6. The first kappa shape index (κ1) is 13.0. The molecule has 1 N–H and O–H groups in total. The van der Waals surface area contributed by atoms with Gasteiger partial charge in [-0.25, -0.2) is 0 Å². The van der Waals surface area contributed by atoms with E-state index in [9.17, 15) is 4.79 Å². The van der Waals surface area contributed by atoms with E-state index in [2.05, 4.69) is 27.3 Å². The van der Waals surface area contributed by atoms with Crippen molar-refractivity contribution in [3.8, 4) is 0 Å². The molecule has 20 heavy (non-hydrogen) atoms. The maximum Gasteiger partial charge on any atom is 0.227 e. The van der Waals surface area contributed by atoms with E-state index < -0.39 is 0 Å². The summed E-state index contributed by atoms with van der Waals surface area (Å²) in [5.41, 5.74) is 2.20. The Morgan fingerprint density at radius 2 is 2.05 bits per heavy atom. The van der Waals surface area contributed by atoms with Crippen molar-refractivity contribution in [2.75, 3.05) is 31.6 Å². The van der Waals surface area contributed by atoms with Crippen LogP contribution in [0.1, 0.15) is 18.4 Å². The van der Waals surface area contributed by atoms with Crippen molar-refractivity contribution in [2.24, 2.45) is 4.99 Å². The summed E-state index contributed by atoms with van der Waals surface area (Å²) in [4.78, 5) is 20.1. The monoisotopic (exact) mass is 272 g/mol. The van der Waals surface area contributed by atoms with E-state index in [1.165, 1.54) is 5.56 Å². The van der Waals surface area contributed by atoms with Gasteiger partial charge < -0.3 is 15.1 Å². The van der Waals surface area contributed by atoms with Gasteiger partial charge in [-0.05, 0) is 24.1 Å². The molecule has 1 aromatic carbocycles. The van der Waals surface area contributed by atoms with Crippen molar-refractivity contribution in [2.45, 2.75) is 19.4 Å². The molecule has 3 rings (SSSR count). The van der Waals surface area contributed by atoms with Crippen LogP contribution >= 0.6 is 0 Å². The molecule has 5 nitrogen and oxygen atoms in total. The molecule has 106 valence electrons. The molecular formula is C15H20N4O. The largest absolute Gasteiger partial charge is 0.352 e. The third-order valence-electron chi connectivity index (χ3n) is 3.83. The molecule has 2 heterocycles. The second kappa shape index (κ2) is 5.53. The summed E-state index contributed by atoms with van der Waals surface area (Å²) >= 11 is 0. The lowest BCUT2D eigenvalue weighted by molar-refractivity contribution is -0.117. The fraction of sp³-hybridized carbons (Fsp3) is 0.467. The molecule has 0 radical (unpaired) electrons. The number of hydrogen-bond donors (Lipinski definition) is 1. The topological polar surface area (TPSA) is 47.9 Å². The van der Waals surface area contributed by atoms with Crippen molar-refractivity contribution < 1.29 is 4.79 Å². The Hall–Kier alpha value is -2.04. The van der Waals surface area contributed by atoms with Crippen LogP contribution in [0, 0.1) is 0 Å². The maximum absolute atomic E-state index is 11.7. The number of anilines is 1. The maximum atomic E-state index is 11.7. The first-order valence-corrected chi connectivity index (χ1v) is 7.13. The number of carbonyl (C=O) groups is 1. The predicted octanol–water partition coefficient (Wildman–Crippen LogP) is 1.20. The Bertz CT molecular complexity index is 523. The fourth-order valence-corrected chi connectivity index (χ4v) is 2.62. The Labute approximate surface area is 119 Å². The first-order valence-electron chi connectivity index (χ1n) is 7.13. The van der Waals surface area contributed by atoms with Gasteiger partial charge in [0.15, 0.2) is 5.96 Å². The number of hydrogen-bond acceptors (Lipinski definition) is 4. The van der Waals surface area contributed by atoms with Crippen molar-refractivity contribution >= 4 is 17.6 Å². The molecule has 0 aromatic heterocycles. The minimum atomic E-state index is 0.234. The zero-order chi connectivity index (χ0) is 13.9. The summed E-state index contributed by atoms with van der Waals surface area (Å²) in [6.45, 7) is 3.46. The van der Waals surface area contributed by atoms with Gasteiger partial charge in [-0.3, -0.25) is 9.79 Å². The molecule has 2 aliphatic rings. The van der Waals surface area contributed by atoms with E-state index in [1.807, 2.05) is 24.1 Å². The summed E-state index contributed by atoms with van der Waals surface area (Å²) in [6, 6.07) is 8.20. The number of nitrogens with one attached hydrogen (secondary N) is 1. The van der Waals surface area contributed by atoms with Gasteiger partial charge in [0, 0.05) is 38.8 Å². The molecule has 0 aliphatic carbocycles. The van der Waals surface area contributed by atoms with Gasteiger partial charge in [0.05, 0.1) is 6.54 Å². The third-order valence-corrected chi connectivity index (χ3v) is 3.83. The highest BCUT2D eigenvalue weighted by Crippen LogP contribution is 2.21. The average molecular weight is 272 g/mol. The van der Waals surface area contributed by atoms with Gasteiger partial charge >= 0.3 is 0 Å². The summed E-state index contributed by atoms with van der Waals surface area (Å²) in [7, 11) is 2.04. The van der Waals surface area contributed by atoms with Crippen molar-refractivity contribution in [3.63, 3.8) is 0 Å². The van der Waals surface area contributed by atoms with Crippen molar-refractivity contribution in [1.82, 2.24) is 10.2 Å². The standard InChI is InChI=1S/C15H20N4O/c1-18-10-8-16-15(18)17-11-12-4-6-13(7-5-12)19-9-2-3-14(19)20/h4-7H,2-3,8-11H2,1H3,(H,16,17). The van der Waals surface area contributed by atoms with Crippen LogP contribution in [-0.4, -0.2) is 43.4 Å². The van der Waals surface area contributed by atoms with Gasteiger partial charge in [-0.2, -0.15) is 0 Å². The molecule has 0 saturated carbocycles. The summed E-state index contributed by atoms with van der Waals surface area (Å²) in [6.07, 6.45) is 1.64. The average Bonchev–Trinajstić information content (AvgIpc) is 3.06. The predicted molar refractivity (Wildman–Crippen MR) is 79.8 cm³/mol. The summed E-state index contributed by atoms with van der Waals surface area (Å²) < 4.78 is 0. The number of amides is 1. The van der Waals surface area contributed by atoms with E-state index in [1.54, 1.807) is 0 Å². The SMILES string of the molecule is CN1CCN=C1NCc1ccc(N2CCCC2=O)cc1. The smallest absolute Gasteiger partial charge is 0.227 e. The number of benzene rings is 1. The lowest BCUT2D eigenvalue weighted by atomic mass is 10.2. The molecule has 2 aliphatic heterocycles. The Morgan fingerprint density at radius 3 is 2.65 bits per heavy atom. The third kappa shape index (κ3) is 2.61. The van der Waals surface area contributed by atoms with Crippen LogP contribution in [0.4, 0.5) is 5.69 Å². The molecule has 1 aromatic rings. The molecule has 0 unspecified atom stereocenters. The second-order valence-corrected chi connectivity index (χ2v) is 5.30. The highest BCUT2D eigenvalue weighted by atomic mass is 16.2. The van der Waals surface area contributed by atoms with Gasteiger partial charge in [-0.15, -0.1) is 0 Å². The van der Waals surface area contributed by atoms with Gasteiger partial charge in [0.25, 0.3) is 0 Å². The molecule has 0 spiro atoms. The van der Waals surface area contributed by atoms with Crippen LogP contribution in [0.3, 0.4) is 0 Å². The number of guanidine groups is 1. The lowest BCUT2D eigenvalue weighted by Gasteiger charge is -2.17. The molecule has 1 saturated heterocycles. The molecule has 0 atom stereocenters. The van der Waals surface area contributed by atoms with E-state index in [0.29, 0.717) is 6.42 Å². The molecular weight excluding hydrogens is 252 g/mol. The summed E-state index contributed by atoms with van der Waals surface area (Å²) in [5.74, 6) is 1.20. The van der Waals surface area contributed by atoms with Gasteiger partial charge in [-0.1, -0.05) is 12.1 Å². The highest BCUT2D eigenvalue weighted by molar-refractivity contribution is 5.95. The van der Waals surface area contributed by atoms with Gasteiger partial charge in [0.2, 0.25) is 5.91 Å². The van der Waals surface area contributed by atoms with Crippen LogP contribution < -0.4 is 10.2 Å². The van der Waals surface area contributed by atoms with E-state index in [4.69, 9.17) is 0 Å². The van der Waals surface area contributed by atoms with Crippen molar-refractivity contribution in [1.29, 1.82) is 0 Å². The second-order valence-electron chi connectivity index (χ2n) is 5.30. The van der Waals surface area contributed by atoms with Crippen LogP contribution in [0.2, 0.25) is 0 Å². The number of aliphatic imine (C=N–C) groups is 1. The van der Waals surface area contributed by atoms with Crippen LogP contribution in [0.5, 0.6) is 0 Å². The number of likely N-dealkylation sites (N-methyl/N-ethyl adjacent to an activating group) is 1. The van der Waals surface area contributed by atoms with E-state index in [0.717, 1.165) is 44.2 Å². The lowest BCUT2D eigenvalue weighted by Crippen LogP contribution is -2.35. The zero-order valence-electron chi connectivity index (χ0n) is 11.8. The molecule has 1 amide bonds.